The number of carbonyl (C=O) groups is 2. The molecule has 0 aliphatic heterocycles. The van der Waals surface area contributed by atoms with Crippen molar-refractivity contribution in [3.8, 4) is 0 Å². The summed E-state index contributed by atoms with van der Waals surface area (Å²) in [5.74, 6) is -2.20. The average molecular weight is 317 g/mol. The molecule has 2 N–H and O–H groups in total. The highest BCUT2D eigenvalue weighted by Gasteiger charge is 2.16. The van der Waals surface area contributed by atoms with Crippen molar-refractivity contribution in [1.29, 1.82) is 0 Å². The van der Waals surface area contributed by atoms with Gasteiger partial charge in [-0.1, -0.05) is 24.3 Å². The average Bonchev–Trinajstić information content (AvgIpc) is 2.48. The first-order chi connectivity index (χ1) is 10.8. The van der Waals surface area contributed by atoms with E-state index in [1.807, 2.05) is 0 Å². The number of aromatic carboxylic acids is 2. The van der Waals surface area contributed by atoms with Gasteiger partial charge < -0.3 is 10.2 Å². The van der Waals surface area contributed by atoms with E-state index in [-0.39, 0.29) is 16.8 Å². The molecule has 0 spiro atoms. The van der Waals surface area contributed by atoms with Crippen LogP contribution in [-0.2, 0) is 0 Å². The highest BCUT2D eigenvalue weighted by molar-refractivity contribution is 5.97. The zero-order valence-corrected chi connectivity index (χ0v) is 12.5. The number of hydrogen-bond acceptors (Lipinski definition) is 4. The molecule has 2 aromatic rings. The van der Waals surface area contributed by atoms with Crippen LogP contribution in [0.3, 0.4) is 0 Å². The number of hydrogen-bond donors (Lipinski definition) is 2. The van der Waals surface area contributed by atoms with Gasteiger partial charge in [0.25, 0.3) is 5.69 Å². The van der Waals surface area contributed by atoms with Crippen LogP contribution in [0.25, 0.3) is 0 Å². The lowest BCUT2D eigenvalue weighted by molar-refractivity contribution is -0.384. The topological polar surface area (TPSA) is 118 Å². The third-order valence-corrected chi connectivity index (χ3v) is 3.08. The maximum atomic E-state index is 10.8. The van der Waals surface area contributed by atoms with Crippen LogP contribution < -0.4 is 0 Å². The van der Waals surface area contributed by atoms with E-state index in [4.69, 9.17) is 10.2 Å². The molecule has 2 rings (SSSR count). The number of nitro groups is 1. The molecular formula is C16H15NO6. The van der Waals surface area contributed by atoms with E-state index in [9.17, 15) is 19.7 Å². The fourth-order valence-electron chi connectivity index (χ4n) is 1.96. The van der Waals surface area contributed by atoms with Gasteiger partial charge in [0.1, 0.15) is 0 Å². The summed E-state index contributed by atoms with van der Waals surface area (Å²) >= 11 is 0. The number of carboxylic acid groups (broad SMARTS) is 2. The molecule has 2 aromatic carbocycles. The number of rotatable bonds is 3. The first-order valence-corrected chi connectivity index (χ1v) is 6.52. The van der Waals surface area contributed by atoms with E-state index in [0.29, 0.717) is 11.1 Å². The van der Waals surface area contributed by atoms with Crippen LogP contribution in [0.5, 0.6) is 0 Å². The van der Waals surface area contributed by atoms with Gasteiger partial charge in [0.05, 0.1) is 16.1 Å². The molecule has 0 amide bonds. The van der Waals surface area contributed by atoms with Crippen LogP contribution in [0, 0.1) is 24.0 Å². The lowest BCUT2D eigenvalue weighted by atomic mass is 9.98. The van der Waals surface area contributed by atoms with Crippen LogP contribution in [0.15, 0.2) is 42.5 Å². The Morgan fingerprint density at radius 2 is 1.52 bits per heavy atom. The molecule has 7 nitrogen and oxygen atoms in total. The van der Waals surface area contributed by atoms with Crippen molar-refractivity contribution in [1.82, 2.24) is 0 Å². The normalized spacial score (nSPS) is 9.48. The summed E-state index contributed by atoms with van der Waals surface area (Å²) in [6, 6.07) is 10.8. The SMILES string of the molecule is Cc1ccc(C(=O)O)c(C)c1C(=O)O.O=[N+]([O-])c1ccccc1. The molecule has 0 saturated carbocycles. The van der Waals surface area contributed by atoms with Gasteiger partial charge in [-0.15, -0.1) is 0 Å². The fraction of sp³-hybridized carbons (Fsp3) is 0.125. The quantitative estimate of drug-likeness (QED) is 0.662. The second kappa shape index (κ2) is 7.69. The molecule has 120 valence electrons. The molecule has 0 heterocycles. The standard InChI is InChI=1S/C10H10O4.C6H5NO2/c1-5-3-4-7(9(11)12)6(2)8(5)10(13)14;8-7(9)6-4-2-1-3-5-6/h3-4H,1-2H3,(H,11,12)(H,13,14);1-5H. The van der Waals surface area contributed by atoms with Gasteiger partial charge in [-0.3, -0.25) is 10.1 Å². The number of nitrogens with zero attached hydrogens (tertiary/aromatic N) is 1. The second-order valence-electron chi connectivity index (χ2n) is 4.63. The lowest BCUT2D eigenvalue weighted by Crippen LogP contribution is -2.08. The Labute approximate surface area is 132 Å². The van der Waals surface area contributed by atoms with E-state index in [1.54, 1.807) is 25.1 Å². The van der Waals surface area contributed by atoms with E-state index >= 15 is 0 Å². The zero-order chi connectivity index (χ0) is 17.6. The molecule has 0 aliphatic rings. The fourth-order valence-corrected chi connectivity index (χ4v) is 1.96. The summed E-state index contributed by atoms with van der Waals surface area (Å²) in [6.07, 6.45) is 0. The van der Waals surface area contributed by atoms with Gasteiger partial charge in [-0.05, 0) is 31.0 Å². The number of para-hydroxylation sites is 1. The highest BCUT2D eigenvalue weighted by Crippen LogP contribution is 2.18. The predicted molar refractivity (Wildman–Crippen MR) is 82.9 cm³/mol. The molecule has 0 bridgehead atoms. The van der Waals surface area contributed by atoms with Crippen molar-refractivity contribution in [3.63, 3.8) is 0 Å². The molecule has 0 unspecified atom stereocenters. The van der Waals surface area contributed by atoms with Crippen LogP contribution in [0.4, 0.5) is 5.69 Å². The van der Waals surface area contributed by atoms with Crippen LogP contribution in [0.1, 0.15) is 31.8 Å². The second-order valence-corrected chi connectivity index (χ2v) is 4.63. The van der Waals surface area contributed by atoms with Crippen LogP contribution >= 0.6 is 0 Å². The largest absolute Gasteiger partial charge is 0.478 e. The van der Waals surface area contributed by atoms with Crippen molar-refractivity contribution in [2.24, 2.45) is 0 Å². The Hall–Kier alpha value is -3.22. The van der Waals surface area contributed by atoms with E-state index < -0.39 is 16.9 Å². The van der Waals surface area contributed by atoms with Gasteiger partial charge in [0.15, 0.2) is 0 Å². The van der Waals surface area contributed by atoms with Crippen LogP contribution in [0.2, 0.25) is 0 Å². The molecule has 0 atom stereocenters. The van der Waals surface area contributed by atoms with Gasteiger partial charge in [-0.25, -0.2) is 9.59 Å². The molecule has 0 radical (unpaired) electrons. The number of nitro benzene ring substituents is 1. The highest BCUT2D eigenvalue weighted by atomic mass is 16.6. The molecule has 7 heteroatoms. The van der Waals surface area contributed by atoms with Crippen molar-refractivity contribution in [2.75, 3.05) is 0 Å². The van der Waals surface area contributed by atoms with Gasteiger partial charge in [0, 0.05) is 12.1 Å². The Morgan fingerprint density at radius 3 is 1.91 bits per heavy atom. The maximum absolute atomic E-state index is 10.8. The first-order valence-electron chi connectivity index (χ1n) is 6.52. The summed E-state index contributed by atoms with van der Waals surface area (Å²) in [5, 5.41) is 27.6. The predicted octanol–water partition coefficient (Wildman–Crippen LogP) is 3.29. The molecule has 0 aromatic heterocycles. The minimum atomic E-state index is -1.11. The summed E-state index contributed by atoms with van der Waals surface area (Å²) < 4.78 is 0. The monoisotopic (exact) mass is 317 g/mol. The number of non-ortho nitro benzene ring substituents is 1. The summed E-state index contributed by atoms with van der Waals surface area (Å²) in [7, 11) is 0. The third kappa shape index (κ3) is 4.63. The van der Waals surface area contributed by atoms with Crippen LogP contribution in [-0.4, -0.2) is 27.1 Å². The Balaban J connectivity index is 0.000000253. The van der Waals surface area contributed by atoms with Crippen molar-refractivity contribution in [3.05, 3.63) is 74.8 Å². The summed E-state index contributed by atoms with van der Waals surface area (Å²) in [4.78, 5) is 31.1. The lowest BCUT2D eigenvalue weighted by Gasteiger charge is -2.07. The van der Waals surface area contributed by atoms with E-state index in [2.05, 4.69) is 0 Å². The van der Waals surface area contributed by atoms with E-state index in [0.717, 1.165) is 0 Å². The van der Waals surface area contributed by atoms with Gasteiger partial charge in [0.2, 0.25) is 0 Å². The van der Waals surface area contributed by atoms with Gasteiger partial charge in [-0.2, -0.15) is 0 Å². The smallest absolute Gasteiger partial charge is 0.336 e. The molecule has 23 heavy (non-hydrogen) atoms. The number of benzene rings is 2. The zero-order valence-electron chi connectivity index (χ0n) is 12.5. The molecule has 0 aliphatic carbocycles. The maximum Gasteiger partial charge on any atom is 0.336 e. The Bertz CT molecular complexity index is 740. The van der Waals surface area contributed by atoms with Crippen molar-refractivity contribution in [2.45, 2.75) is 13.8 Å². The summed E-state index contributed by atoms with van der Waals surface area (Å²) in [5.41, 5.74) is 1.11. The van der Waals surface area contributed by atoms with Crippen molar-refractivity contribution < 1.29 is 24.7 Å². The van der Waals surface area contributed by atoms with E-state index in [1.165, 1.54) is 31.2 Å². The summed E-state index contributed by atoms with van der Waals surface area (Å²) in [6.45, 7) is 3.14. The first kappa shape index (κ1) is 17.8. The minimum Gasteiger partial charge on any atom is -0.478 e. The minimum absolute atomic E-state index is 0.0352. The molecular weight excluding hydrogens is 302 g/mol. The van der Waals surface area contributed by atoms with Crippen molar-refractivity contribution >= 4 is 17.6 Å². The Morgan fingerprint density at radius 1 is 0.957 bits per heavy atom. The third-order valence-electron chi connectivity index (χ3n) is 3.08. The van der Waals surface area contributed by atoms with Gasteiger partial charge >= 0.3 is 11.9 Å². The number of carboxylic acids is 2. The molecule has 0 fully saturated rings. The Kier molecular flexibility index (Phi) is 5.96. The number of aryl methyl sites for hydroxylation is 1. The molecule has 0 saturated heterocycles.